The van der Waals surface area contributed by atoms with E-state index in [1.165, 1.54) is 12.1 Å². The van der Waals surface area contributed by atoms with Crippen LogP contribution < -0.4 is 11.1 Å². The van der Waals surface area contributed by atoms with Crippen molar-refractivity contribution < 1.29 is 19.1 Å². The molecular formula is C15H21FN2O3. The van der Waals surface area contributed by atoms with Gasteiger partial charge in [0, 0.05) is 12.2 Å². The van der Waals surface area contributed by atoms with Crippen LogP contribution >= 0.6 is 0 Å². The summed E-state index contributed by atoms with van der Waals surface area (Å²) in [5.41, 5.74) is 5.40. The average Bonchev–Trinajstić information content (AvgIpc) is 2.33. The molecule has 0 aliphatic carbocycles. The molecule has 6 heteroatoms. The number of anilines is 1. The van der Waals surface area contributed by atoms with E-state index in [4.69, 9.17) is 5.73 Å². The maximum atomic E-state index is 13.1. The summed E-state index contributed by atoms with van der Waals surface area (Å²) in [5, 5.41) is 12.1. The molecule has 1 aromatic rings. The number of carboxylic acids is 1. The lowest BCUT2D eigenvalue weighted by molar-refractivity contribution is -0.142. The Bertz CT molecular complexity index is 538. The zero-order valence-electron chi connectivity index (χ0n) is 12.4. The molecule has 0 aliphatic rings. The van der Waals surface area contributed by atoms with Gasteiger partial charge in [0.1, 0.15) is 5.82 Å². The third-order valence-electron chi connectivity index (χ3n) is 2.99. The number of amides is 1. The van der Waals surface area contributed by atoms with Gasteiger partial charge in [-0.15, -0.1) is 0 Å². The van der Waals surface area contributed by atoms with E-state index < -0.39 is 23.6 Å². The molecule has 0 saturated heterocycles. The molecule has 0 bridgehead atoms. The predicted octanol–water partition coefficient (Wildman–Crippen LogP) is 2.47. The molecule has 4 N–H and O–H groups in total. The Balaban J connectivity index is 2.86. The highest BCUT2D eigenvalue weighted by Crippen LogP contribution is 2.25. The number of aliphatic carboxylic acids is 1. The number of carbonyl (C=O) groups excluding carboxylic acids is 1. The summed E-state index contributed by atoms with van der Waals surface area (Å²) in [5.74, 6) is -2.87. The molecule has 0 fully saturated rings. The van der Waals surface area contributed by atoms with Crippen molar-refractivity contribution in [1.29, 1.82) is 0 Å². The van der Waals surface area contributed by atoms with Crippen molar-refractivity contribution in [2.75, 3.05) is 11.9 Å². The normalized spacial score (nSPS) is 12.8. The lowest BCUT2D eigenvalue weighted by Gasteiger charge is -2.24. The second-order valence-corrected chi connectivity index (χ2v) is 6.24. The van der Waals surface area contributed by atoms with Crippen LogP contribution in [0.5, 0.6) is 0 Å². The number of rotatable bonds is 6. The van der Waals surface area contributed by atoms with Crippen LogP contribution in [-0.4, -0.2) is 23.5 Å². The summed E-state index contributed by atoms with van der Waals surface area (Å²) in [7, 11) is 0. The standard InChI is InChI=1S/C15H21FN2O3/c1-15(2,3)7-9(14(20)21)8-18-12-5-4-10(16)6-11(12)13(17)19/h4-6,9,18H,7-8H2,1-3H3,(H2,17,19)(H,20,21). The molecule has 0 saturated carbocycles. The van der Waals surface area contributed by atoms with Crippen molar-refractivity contribution in [3.05, 3.63) is 29.6 Å². The molecule has 0 aliphatic heterocycles. The predicted molar refractivity (Wildman–Crippen MR) is 78.6 cm³/mol. The lowest BCUT2D eigenvalue weighted by Crippen LogP contribution is -2.28. The summed E-state index contributed by atoms with van der Waals surface area (Å²) >= 11 is 0. The van der Waals surface area contributed by atoms with Crippen molar-refractivity contribution in [3.8, 4) is 0 Å². The van der Waals surface area contributed by atoms with E-state index in [-0.39, 0.29) is 17.5 Å². The van der Waals surface area contributed by atoms with E-state index in [1.54, 1.807) is 0 Å². The fourth-order valence-corrected chi connectivity index (χ4v) is 2.09. The third kappa shape index (κ3) is 5.41. The summed E-state index contributed by atoms with van der Waals surface area (Å²) < 4.78 is 13.1. The topological polar surface area (TPSA) is 92.4 Å². The van der Waals surface area contributed by atoms with Crippen LogP contribution in [0.3, 0.4) is 0 Å². The minimum absolute atomic E-state index is 0.00916. The molecule has 0 heterocycles. The number of carbonyl (C=O) groups is 2. The fourth-order valence-electron chi connectivity index (χ4n) is 2.09. The van der Waals surface area contributed by atoms with Gasteiger partial charge in [0.2, 0.25) is 0 Å². The van der Waals surface area contributed by atoms with Gasteiger partial charge in [-0.25, -0.2) is 4.39 Å². The summed E-state index contributed by atoms with van der Waals surface area (Å²) in [6.07, 6.45) is 0.475. The van der Waals surface area contributed by atoms with Crippen molar-refractivity contribution >= 4 is 17.6 Å². The molecule has 0 radical (unpaired) electrons. The number of hydrogen-bond acceptors (Lipinski definition) is 3. The molecule has 21 heavy (non-hydrogen) atoms. The Morgan fingerprint density at radius 1 is 1.38 bits per heavy atom. The van der Waals surface area contributed by atoms with E-state index in [2.05, 4.69) is 5.32 Å². The van der Waals surface area contributed by atoms with Crippen molar-refractivity contribution in [2.45, 2.75) is 27.2 Å². The number of benzene rings is 1. The van der Waals surface area contributed by atoms with Crippen LogP contribution in [0.2, 0.25) is 0 Å². The Hall–Kier alpha value is -2.11. The van der Waals surface area contributed by atoms with Crippen LogP contribution in [0.4, 0.5) is 10.1 Å². The maximum Gasteiger partial charge on any atom is 0.308 e. The van der Waals surface area contributed by atoms with Gasteiger partial charge in [0.15, 0.2) is 0 Å². The fraction of sp³-hybridized carbons (Fsp3) is 0.467. The quantitative estimate of drug-likeness (QED) is 0.752. The van der Waals surface area contributed by atoms with Crippen LogP contribution in [-0.2, 0) is 4.79 Å². The molecular weight excluding hydrogens is 275 g/mol. The second kappa shape index (κ2) is 6.56. The number of carboxylic acid groups (broad SMARTS) is 1. The summed E-state index contributed by atoms with van der Waals surface area (Å²) in [6.45, 7) is 6.00. The van der Waals surface area contributed by atoms with Crippen LogP contribution in [0.1, 0.15) is 37.6 Å². The molecule has 0 aromatic heterocycles. The lowest BCUT2D eigenvalue weighted by atomic mass is 9.84. The van der Waals surface area contributed by atoms with Gasteiger partial charge in [-0.05, 0) is 30.0 Å². The van der Waals surface area contributed by atoms with Crippen LogP contribution in [0, 0.1) is 17.2 Å². The number of halogens is 1. The molecule has 0 spiro atoms. The Morgan fingerprint density at radius 3 is 2.48 bits per heavy atom. The van der Waals surface area contributed by atoms with E-state index >= 15 is 0 Å². The third-order valence-corrected chi connectivity index (χ3v) is 2.99. The van der Waals surface area contributed by atoms with Crippen molar-refractivity contribution in [2.24, 2.45) is 17.1 Å². The molecule has 116 valence electrons. The first-order valence-corrected chi connectivity index (χ1v) is 6.66. The van der Waals surface area contributed by atoms with Crippen LogP contribution in [0.15, 0.2) is 18.2 Å². The summed E-state index contributed by atoms with van der Waals surface area (Å²) in [6, 6.07) is 3.60. The van der Waals surface area contributed by atoms with Gasteiger partial charge in [-0.1, -0.05) is 20.8 Å². The van der Waals surface area contributed by atoms with Gasteiger partial charge < -0.3 is 16.2 Å². The zero-order chi connectivity index (χ0) is 16.2. The minimum atomic E-state index is -0.917. The first-order valence-electron chi connectivity index (χ1n) is 6.66. The second-order valence-electron chi connectivity index (χ2n) is 6.24. The largest absolute Gasteiger partial charge is 0.481 e. The molecule has 1 rings (SSSR count). The Morgan fingerprint density at radius 2 is 2.00 bits per heavy atom. The number of nitrogens with two attached hydrogens (primary N) is 1. The molecule has 1 unspecified atom stereocenters. The number of hydrogen-bond donors (Lipinski definition) is 3. The van der Waals surface area contributed by atoms with Gasteiger partial charge >= 0.3 is 5.97 Å². The first-order chi connectivity index (χ1) is 9.60. The van der Waals surface area contributed by atoms with E-state index in [9.17, 15) is 19.1 Å². The molecule has 1 amide bonds. The smallest absolute Gasteiger partial charge is 0.308 e. The Labute approximate surface area is 123 Å². The highest BCUT2D eigenvalue weighted by Gasteiger charge is 2.24. The molecule has 5 nitrogen and oxygen atoms in total. The summed E-state index contributed by atoms with van der Waals surface area (Å²) in [4.78, 5) is 22.6. The highest BCUT2D eigenvalue weighted by atomic mass is 19.1. The van der Waals surface area contributed by atoms with Crippen LogP contribution in [0.25, 0.3) is 0 Å². The SMILES string of the molecule is CC(C)(C)CC(CNc1ccc(F)cc1C(N)=O)C(=O)O. The maximum absolute atomic E-state index is 13.1. The van der Waals surface area contributed by atoms with E-state index in [0.29, 0.717) is 12.1 Å². The van der Waals surface area contributed by atoms with Gasteiger partial charge in [-0.2, -0.15) is 0 Å². The number of nitrogens with one attached hydrogen (secondary N) is 1. The van der Waals surface area contributed by atoms with Crippen molar-refractivity contribution in [3.63, 3.8) is 0 Å². The average molecular weight is 296 g/mol. The zero-order valence-corrected chi connectivity index (χ0v) is 12.4. The van der Waals surface area contributed by atoms with Crippen molar-refractivity contribution in [1.82, 2.24) is 0 Å². The van der Waals surface area contributed by atoms with E-state index in [0.717, 1.165) is 6.07 Å². The van der Waals surface area contributed by atoms with Gasteiger partial charge in [0.05, 0.1) is 11.5 Å². The Kier molecular flexibility index (Phi) is 5.29. The monoisotopic (exact) mass is 296 g/mol. The molecule has 1 atom stereocenters. The van der Waals surface area contributed by atoms with Gasteiger partial charge in [-0.3, -0.25) is 9.59 Å². The first kappa shape index (κ1) is 16.9. The molecule has 1 aromatic carbocycles. The number of primary amides is 1. The minimum Gasteiger partial charge on any atom is -0.481 e. The highest BCUT2D eigenvalue weighted by molar-refractivity contribution is 5.98. The van der Waals surface area contributed by atoms with Gasteiger partial charge in [0.25, 0.3) is 5.91 Å². The van der Waals surface area contributed by atoms with E-state index in [1.807, 2.05) is 20.8 Å².